The highest BCUT2D eigenvalue weighted by atomic mass is 16.5. The first-order valence-corrected chi connectivity index (χ1v) is 9.81. The van der Waals surface area contributed by atoms with Crippen LogP contribution >= 0.6 is 0 Å². The van der Waals surface area contributed by atoms with Crippen molar-refractivity contribution in [2.75, 3.05) is 17.7 Å². The Hall–Kier alpha value is -4.40. The Morgan fingerprint density at radius 3 is 2.50 bits per heavy atom. The van der Waals surface area contributed by atoms with E-state index >= 15 is 0 Å². The molecule has 0 aliphatic carbocycles. The van der Waals surface area contributed by atoms with Crippen LogP contribution in [0, 0.1) is 0 Å². The molecule has 0 bridgehead atoms. The van der Waals surface area contributed by atoms with Gasteiger partial charge >= 0.3 is 5.97 Å². The molecule has 0 spiro atoms. The zero-order valence-corrected chi connectivity index (χ0v) is 17.1. The van der Waals surface area contributed by atoms with E-state index in [0.29, 0.717) is 42.1 Å². The van der Waals surface area contributed by atoms with Crippen LogP contribution in [0.25, 0.3) is 11.3 Å². The molecule has 0 unspecified atom stereocenters. The Bertz CT molecular complexity index is 1170. The summed E-state index contributed by atoms with van der Waals surface area (Å²) in [5.41, 5.74) is 7.87. The number of nitrogens with two attached hydrogens (primary N) is 1. The van der Waals surface area contributed by atoms with E-state index in [4.69, 9.17) is 15.6 Å². The van der Waals surface area contributed by atoms with E-state index in [9.17, 15) is 14.4 Å². The van der Waals surface area contributed by atoms with Crippen LogP contribution in [0.1, 0.15) is 12.0 Å². The van der Waals surface area contributed by atoms with Gasteiger partial charge in [-0.3, -0.25) is 14.6 Å². The van der Waals surface area contributed by atoms with Crippen molar-refractivity contribution >= 4 is 23.5 Å². The van der Waals surface area contributed by atoms with Crippen molar-refractivity contribution in [3.05, 3.63) is 82.7 Å². The number of carboxylic acids is 1. The molecule has 0 fully saturated rings. The molecule has 5 N–H and O–H groups in total. The third-order valence-electron chi connectivity index (χ3n) is 4.42. The van der Waals surface area contributed by atoms with Crippen LogP contribution in [0.3, 0.4) is 0 Å². The van der Waals surface area contributed by atoms with E-state index in [1.54, 1.807) is 24.3 Å². The molecule has 32 heavy (non-hydrogen) atoms. The molecule has 9 heteroatoms. The second-order valence-electron chi connectivity index (χ2n) is 6.78. The van der Waals surface area contributed by atoms with Crippen LogP contribution in [0.4, 0.5) is 11.6 Å². The predicted molar refractivity (Wildman–Crippen MR) is 120 cm³/mol. The SMILES string of the molecule is Nc1nc(-c2ccccc2)c(CCCOc2ccc(NC(=O)C=CC(=O)O)cc2)c(=O)[nH]1. The summed E-state index contributed by atoms with van der Waals surface area (Å²) in [7, 11) is 0. The van der Waals surface area contributed by atoms with Gasteiger partial charge in [0.15, 0.2) is 0 Å². The molecule has 164 valence electrons. The summed E-state index contributed by atoms with van der Waals surface area (Å²) in [6, 6.07) is 16.0. The molecular formula is C23H22N4O5. The summed E-state index contributed by atoms with van der Waals surface area (Å²) in [5, 5.41) is 11.1. The maximum Gasteiger partial charge on any atom is 0.328 e. The van der Waals surface area contributed by atoms with Gasteiger partial charge in [0.1, 0.15) is 5.75 Å². The minimum atomic E-state index is -1.20. The molecule has 3 rings (SSSR count). The number of rotatable bonds is 9. The number of carbonyl (C=O) groups is 2. The minimum absolute atomic E-state index is 0.0690. The zero-order chi connectivity index (χ0) is 22.9. The summed E-state index contributed by atoms with van der Waals surface area (Å²) in [4.78, 5) is 41.3. The van der Waals surface area contributed by atoms with Crippen LogP contribution < -0.4 is 21.3 Å². The smallest absolute Gasteiger partial charge is 0.328 e. The summed E-state index contributed by atoms with van der Waals surface area (Å²) >= 11 is 0. The molecule has 0 aliphatic rings. The first-order chi connectivity index (χ1) is 15.4. The van der Waals surface area contributed by atoms with E-state index in [2.05, 4.69) is 15.3 Å². The highest BCUT2D eigenvalue weighted by molar-refractivity contribution is 6.02. The first kappa shape index (κ1) is 22.3. The Kier molecular flexibility index (Phi) is 7.37. The topological polar surface area (TPSA) is 147 Å². The van der Waals surface area contributed by atoms with E-state index in [-0.39, 0.29) is 11.5 Å². The Morgan fingerprint density at radius 1 is 1.09 bits per heavy atom. The number of hydrogen-bond donors (Lipinski definition) is 4. The van der Waals surface area contributed by atoms with Crippen molar-refractivity contribution in [3.8, 4) is 17.0 Å². The third kappa shape index (κ3) is 6.30. The summed E-state index contributed by atoms with van der Waals surface area (Å²) in [5.74, 6) is -1.08. The van der Waals surface area contributed by atoms with Crippen molar-refractivity contribution < 1.29 is 19.4 Å². The summed E-state index contributed by atoms with van der Waals surface area (Å²) < 4.78 is 5.71. The lowest BCUT2D eigenvalue weighted by molar-refractivity contribution is -0.131. The average molecular weight is 434 g/mol. The highest BCUT2D eigenvalue weighted by Gasteiger charge is 2.12. The molecule has 0 aliphatic heterocycles. The molecule has 0 saturated carbocycles. The number of anilines is 2. The van der Waals surface area contributed by atoms with Crippen LogP contribution in [0.15, 0.2) is 71.5 Å². The monoisotopic (exact) mass is 434 g/mol. The number of carboxylic acid groups (broad SMARTS) is 1. The number of H-pyrrole nitrogens is 1. The summed E-state index contributed by atoms with van der Waals surface area (Å²) in [6.07, 6.45) is 2.73. The summed E-state index contributed by atoms with van der Waals surface area (Å²) in [6.45, 7) is 0.366. The number of benzene rings is 2. The average Bonchev–Trinajstić information content (AvgIpc) is 2.78. The zero-order valence-electron chi connectivity index (χ0n) is 17.1. The first-order valence-electron chi connectivity index (χ1n) is 9.81. The van der Waals surface area contributed by atoms with E-state index in [1.807, 2.05) is 30.3 Å². The molecule has 0 atom stereocenters. The van der Waals surface area contributed by atoms with E-state index < -0.39 is 11.9 Å². The molecule has 0 radical (unpaired) electrons. The number of nitrogens with one attached hydrogen (secondary N) is 2. The van der Waals surface area contributed by atoms with Gasteiger partial charge in [0.2, 0.25) is 11.9 Å². The van der Waals surface area contributed by atoms with Crippen molar-refractivity contribution in [1.29, 1.82) is 0 Å². The number of ether oxygens (including phenoxy) is 1. The van der Waals surface area contributed by atoms with Crippen LogP contribution in [0.2, 0.25) is 0 Å². The van der Waals surface area contributed by atoms with E-state index in [0.717, 1.165) is 17.7 Å². The quantitative estimate of drug-likeness (QED) is 0.299. The van der Waals surface area contributed by atoms with Gasteiger partial charge in [-0.2, -0.15) is 0 Å². The number of nitrogen functional groups attached to an aromatic ring is 1. The van der Waals surface area contributed by atoms with Gasteiger partial charge in [0, 0.05) is 29.0 Å². The van der Waals surface area contributed by atoms with Crippen molar-refractivity contribution in [3.63, 3.8) is 0 Å². The van der Waals surface area contributed by atoms with Gasteiger partial charge in [0.05, 0.1) is 12.3 Å². The predicted octanol–water partition coefficient (Wildman–Crippen LogP) is 2.61. The van der Waals surface area contributed by atoms with Crippen molar-refractivity contribution in [1.82, 2.24) is 9.97 Å². The Balaban J connectivity index is 1.56. The van der Waals surface area contributed by atoms with Gasteiger partial charge in [-0.1, -0.05) is 30.3 Å². The maximum atomic E-state index is 12.4. The lowest BCUT2D eigenvalue weighted by Gasteiger charge is -2.10. The number of aromatic amines is 1. The fourth-order valence-electron chi connectivity index (χ4n) is 2.99. The lowest BCUT2D eigenvalue weighted by Crippen LogP contribution is -2.19. The van der Waals surface area contributed by atoms with Crippen molar-refractivity contribution in [2.45, 2.75) is 12.8 Å². The molecule has 1 heterocycles. The normalized spacial score (nSPS) is 10.8. The maximum absolute atomic E-state index is 12.4. The Morgan fingerprint density at radius 2 is 1.81 bits per heavy atom. The van der Waals surface area contributed by atoms with Gasteiger partial charge in [0.25, 0.3) is 5.56 Å². The number of carbonyl (C=O) groups excluding carboxylic acids is 1. The van der Waals surface area contributed by atoms with Gasteiger partial charge in [-0.15, -0.1) is 0 Å². The molecular weight excluding hydrogens is 412 g/mol. The molecule has 1 amide bonds. The number of hydrogen-bond acceptors (Lipinski definition) is 6. The second kappa shape index (κ2) is 10.6. The van der Waals surface area contributed by atoms with Crippen molar-refractivity contribution in [2.24, 2.45) is 0 Å². The fourth-order valence-corrected chi connectivity index (χ4v) is 2.99. The van der Waals surface area contributed by atoms with Crippen LogP contribution in [-0.2, 0) is 16.0 Å². The third-order valence-corrected chi connectivity index (χ3v) is 4.42. The lowest BCUT2D eigenvalue weighted by atomic mass is 10.0. The highest BCUT2D eigenvalue weighted by Crippen LogP contribution is 2.21. The number of nitrogens with zero attached hydrogens (tertiary/aromatic N) is 1. The molecule has 9 nitrogen and oxygen atoms in total. The van der Waals surface area contributed by atoms with Gasteiger partial charge in [-0.05, 0) is 37.1 Å². The number of aliphatic carboxylic acids is 1. The largest absolute Gasteiger partial charge is 0.494 e. The van der Waals surface area contributed by atoms with Crippen LogP contribution in [-0.4, -0.2) is 33.6 Å². The standard InChI is InChI=1S/C23H22N4O5/c24-23-26-21(15-5-2-1-3-6-15)18(22(31)27-23)7-4-14-32-17-10-8-16(9-11-17)25-19(28)12-13-20(29)30/h1-3,5-6,8-13H,4,7,14H2,(H,25,28)(H,29,30)(H3,24,26,27,31). The molecule has 3 aromatic rings. The molecule has 2 aromatic carbocycles. The second-order valence-corrected chi connectivity index (χ2v) is 6.78. The minimum Gasteiger partial charge on any atom is -0.494 e. The van der Waals surface area contributed by atoms with E-state index in [1.165, 1.54) is 0 Å². The van der Waals surface area contributed by atoms with Gasteiger partial charge in [-0.25, -0.2) is 9.78 Å². The molecule has 1 aromatic heterocycles. The number of aromatic nitrogens is 2. The number of amides is 1. The fraction of sp³-hybridized carbons (Fsp3) is 0.130. The molecule has 0 saturated heterocycles. The van der Waals surface area contributed by atoms with Crippen LogP contribution in [0.5, 0.6) is 5.75 Å². The Labute approximate surface area is 183 Å². The van der Waals surface area contributed by atoms with Gasteiger partial charge < -0.3 is 20.9 Å².